The summed E-state index contributed by atoms with van der Waals surface area (Å²) in [6, 6.07) is 13.2. The second kappa shape index (κ2) is 11.2. The Hall–Kier alpha value is -2.60. The maximum atomic E-state index is 12.0. The highest BCUT2D eigenvalue weighted by molar-refractivity contribution is 9.10. The molecule has 0 aliphatic rings. The average molecular weight is 431 g/mol. The van der Waals surface area contributed by atoms with Gasteiger partial charge < -0.3 is 9.47 Å². The number of hydrazone groups is 1. The lowest BCUT2D eigenvalue weighted by Crippen LogP contribution is -2.24. The van der Waals surface area contributed by atoms with Gasteiger partial charge >= 0.3 is 0 Å². The maximum Gasteiger partial charge on any atom is 0.277 e. The van der Waals surface area contributed by atoms with Crippen LogP contribution in [0.4, 0.5) is 0 Å². The van der Waals surface area contributed by atoms with Crippen molar-refractivity contribution in [3.63, 3.8) is 0 Å². The first kappa shape index (κ1) is 20.7. The van der Waals surface area contributed by atoms with Gasteiger partial charge in [0.05, 0.1) is 12.8 Å². The predicted octanol–water partition coefficient (Wildman–Crippen LogP) is 4.50. The molecule has 1 amide bonds. The summed E-state index contributed by atoms with van der Waals surface area (Å²) in [5.74, 6) is 1.04. The molecule has 1 N–H and O–H groups in total. The summed E-state index contributed by atoms with van der Waals surface area (Å²) in [5, 5.41) is 4.00. The van der Waals surface area contributed by atoms with E-state index in [1.165, 1.54) is 0 Å². The number of allylic oxidation sites excluding steroid dienone is 1. The van der Waals surface area contributed by atoms with Crippen LogP contribution < -0.4 is 14.9 Å². The van der Waals surface area contributed by atoms with Crippen LogP contribution >= 0.6 is 15.9 Å². The molecular weight excluding hydrogens is 408 g/mol. The quantitative estimate of drug-likeness (QED) is 0.343. The Morgan fingerprint density at radius 1 is 1.22 bits per heavy atom. The molecule has 5 nitrogen and oxygen atoms in total. The summed E-state index contributed by atoms with van der Waals surface area (Å²) in [6.07, 6.45) is 4.94. The van der Waals surface area contributed by atoms with E-state index >= 15 is 0 Å². The van der Waals surface area contributed by atoms with Crippen LogP contribution in [0.5, 0.6) is 11.5 Å². The number of ether oxygens (including phenoxy) is 2. The summed E-state index contributed by atoms with van der Waals surface area (Å²) in [5.41, 5.74) is 4.23. The second-order valence-corrected chi connectivity index (χ2v) is 6.63. The third-order valence-electron chi connectivity index (χ3n) is 3.52. The first-order chi connectivity index (χ1) is 13.1. The molecule has 0 fully saturated rings. The van der Waals surface area contributed by atoms with E-state index < -0.39 is 0 Å². The molecule has 27 heavy (non-hydrogen) atoms. The third kappa shape index (κ3) is 6.90. The number of rotatable bonds is 10. The lowest BCUT2D eigenvalue weighted by atomic mass is 10.1. The van der Waals surface area contributed by atoms with E-state index in [0.717, 1.165) is 22.0 Å². The number of nitrogens with zero attached hydrogens (tertiary/aromatic N) is 1. The predicted molar refractivity (Wildman–Crippen MR) is 112 cm³/mol. The minimum absolute atomic E-state index is 0.122. The molecular formula is C21H23BrN2O3. The number of hydrogen-bond acceptors (Lipinski definition) is 4. The largest absolute Gasteiger partial charge is 0.493 e. The average Bonchev–Trinajstić information content (AvgIpc) is 2.67. The van der Waals surface area contributed by atoms with E-state index in [2.05, 4.69) is 33.0 Å². The SMILES string of the molecule is C=CCc1ccccc1OCC(=O)NN=Cc1cc(Br)ccc1OCCC. The van der Waals surface area contributed by atoms with Crippen LogP contribution in [0, 0.1) is 0 Å². The van der Waals surface area contributed by atoms with Crippen LogP contribution in [0.15, 0.2) is 64.7 Å². The number of para-hydroxylation sites is 1. The normalized spacial score (nSPS) is 10.6. The molecule has 142 valence electrons. The van der Waals surface area contributed by atoms with Crippen molar-refractivity contribution in [3.05, 3.63) is 70.7 Å². The van der Waals surface area contributed by atoms with Crippen molar-refractivity contribution in [3.8, 4) is 11.5 Å². The van der Waals surface area contributed by atoms with Crippen molar-refractivity contribution < 1.29 is 14.3 Å². The summed E-state index contributed by atoms with van der Waals surface area (Å²) in [6.45, 7) is 6.26. The molecule has 0 aliphatic carbocycles. The van der Waals surface area contributed by atoms with Crippen LogP contribution in [0.25, 0.3) is 0 Å². The molecule has 0 saturated carbocycles. The number of halogens is 1. The van der Waals surface area contributed by atoms with Crippen molar-refractivity contribution >= 4 is 28.1 Å². The molecule has 0 radical (unpaired) electrons. The number of hydrogen-bond donors (Lipinski definition) is 1. The van der Waals surface area contributed by atoms with Crippen LogP contribution in [0.2, 0.25) is 0 Å². The Morgan fingerprint density at radius 2 is 2.04 bits per heavy atom. The Bertz CT molecular complexity index is 806. The van der Waals surface area contributed by atoms with Crippen molar-refractivity contribution in [2.24, 2.45) is 5.10 Å². The molecule has 0 heterocycles. The van der Waals surface area contributed by atoms with Crippen LogP contribution in [-0.2, 0) is 11.2 Å². The molecule has 0 aliphatic heterocycles. The summed E-state index contributed by atoms with van der Waals surface area (Å²) < 4.78 is 12.2. The van der Waals surface area contributed by atoms with Gasteiger partial charge in [0.15, 0.2) is 6.61 Å². The lowest BCUT2D eigenvalue weighted by molar-refractivity contribution is -0.123. The van der Waals surface area contributed by atoms with Crippen LogP contribution in [-0.4, -0.2) is 25.3 Å². The Morgan fingerprint density at radius 3 is 2.81 bits per heavy atom. The van der Waals surface area contributed by atoms with E-state index in [1.54, 1.807) is 12.3 Å². The standard InChI is InChI=1S/C21H23BrN2O3/c1-3-7-16-8-5-6-9-19(16)27-15-21(25)24-23-14-17-13-18(22)10-11-20(17)26-12-4-2/h3,5-6,8-11,13-14H,1,4,7,12,15H2,2H3,(H,24,25). The molecule has 6 heteroatoms. The zero-order valence-electron chi connectivity index (χ0n) is 15.3. The maximum absolute atomic E-state index is 12.0. The zero-order chi connectivity index (χ0) is 19.5. The highest BCUT2D eigenvalue weighted by Crippen LogP contribution is 2.22. The number of nitrogens with one attached hydrogen (secondary N) is 1. The van der Waals surface area contributed by atoms with E-state index in [4.69, 9.17) is 9.47 Å². The van der Waals surface area contributed by atoms with Gasteiger partial charge in [0.2, 0.25) is 0 Å². The zero-order valence-corrected chi connectivity index (χ0v) is 16.9. The van der Waals surface area contributed by atoms with E-state index in [9.17, 15) is 4.79 Å². The van der Waals surface area contributed by atoms with Gasteiger partial charge in [-0.3, -0.25) is 4.79 Å². The molecule has 0 bridgehead atoms. The van der Waals surface area contributed by atoms with Gasteiger partial charge in [-0.05, 0) is 42.7 Å². The molecule has 2 rings (SSSR count). The third-order valence-corrected chi connectivity index (χ3v) is 4.02. The Kier molecular flexibility index (Phi) is 8.58. The topological polar surface area (TPSA) is 59.9 Å². The van der Waals surface area contributed by atoms with Gasteiger partial charge in [0, 0.05) is 10.0 Å². The van der Waals surface area contributed by atoms with Gasteiger partial charge in [0.25, 0.3) is 5.91 Å². The second-order valence-electron chi connectivity index (χ2n) is 5.71. The fourth-order valence-corrected chi connectivity index (χ4v) is 2.66. The smallest absolute Gasteiger partial charge is 0.277 e. The molecule has 0 atom stereocenters. The Labute approximate surface area is 168 Å². The first-order valence-corrected chi connectivity index (χ1v) is 9.49. The highest BCUT2D eigenvalue weighted by Gasteiger charge is 2.06. The Balaban J connectivity index is 1.92. The van der Waals surface area contributed by atoms with Crippen LogP contribution in [0.3, 0.4) is 0 Å². The lowest BCUT2D eigenvalue weighted by Gasteiger charge is -2.10. The van der Waals surface area contributed by atoms with Crippen LogP contribution in [0.1, 0.15) is 24.5 Å². The molecule has 2 aromatic rings. The van der Waals surface area contributed by atoms with Gasteiger partial charge in [-0.2, -0.15) is 5.10 Å². The van der Waals surface area contributed by atoms with E-state index in [1.807, 2.05) is 49.4 Å². The van der Waals surface area contributed by atoms with Crippen molar-refractivity contribution in [2.75, 3.05) is 13.2 Å². The molecule has 0 aromatic heterocycles. The fraction of sp³-hybridized carbons (Fsp3) is 0.238. The molecule has 0 spiro atoms. The number of benzene rings is 2. The van der Waals surface area contributed by atoms with Gasteiger partial charge in [-0.1, -0.05) is 47.1 Å². The van der Waals surface area contributed by atoms with Crippen molar-refractivity contribution in [1.29, 1.82) is 0 Å². The van der Waals surface area contributed by atoms with Gasteiger partial charge in [0.1, 0.15) is 11.5 Å². The highest BCUT2D eigenvalue weighted by atomic mass is 79.9. The monoisotopic (exact) mass is 430 g/mol. The first-order valence-electron chi connectivity index (χ1n) is 8.70. The molecule has 0 unspecified atom stereocenters. The number of carbonyl (C=O) groups is 1. The van der Waals surface area contributed by atoms with Crippen molar-refractivity contribution in [2.45, 2.75) is 19.8 Å². The van der Waals surface area contributed by atoms with Crippen molar-refractivity contribution in [1.82, 2.24) is 5.43 Å². The summed E-state index contributed by atoms with van der Waals surface area (Å²) >= 11 is 3.42. The van der Waals surface area contributed by atoms with Gasteiger partial charge in [-0.25, -0.2) is 5.43 Å². The fourth-order valence-electron chi connectivity index (χ4n) is 2.28. The minimum Gasteiger partial charge on any atom is -0.493 e. The number of carbonyl (C=O) groups excluding carboxylic acids is 1. The van der Waals surface area contributed by atoms with Gasteiger partial charge in [-0.15, -0.1) is 6.58 Å². The molecule has 2 aromatic carbocycles. The molecule has 0 saturated heterocycles. The van der Waals surface area contributed by atoms with E-state index in [0.29, 0.717) is 24.5 Å². The summed E-state index contributed by atoms with van der Waals surface area (Å²) in [4.78, 5) is 12.0. The van der Waals surface area contributed by atoms with E-state index in [-0.39, 0.29) is 12.5 Å². The number of amides is 1. The summed E-state index contributed by atoms with van der Waals surface area (Å²) in [7, 11) is 0. The minimum atomic E-state index is -0.342.